The molecular weight excluding hydrogens is 342 g/mol. The van der Waals surface area contributed by atoms with Crippen LogP contribution in [0.2, 0.25) is 0 Å². The molecule has 7 heteroatoms. The van der Waals surface area contributed by atoms with Crippen LogP contribution >= 0.6 is 15.9 Å². The van der Waals surface area contributed by atoms with Crippen LogP contribution in [0.4, 0.5) is 5.69 Å². The summed E-state index contributed by atoms with van der Waals surface area (Å²) in [5, 5.41) is 19.7. The number of carbonyl (C=O) groups is 1. The summed E-state index contributed by atoms with van der Waals surface area (Å²) in [5.41, 5.74) is 0.702. The molecular formula is C14H10BrNO5. The molecule has 0 aliphatic rings. The van der Waals surface area contributed by atoms with Crippen LogP contribution in [0.15, 0.2) is 46.9 Å². The molecule has 2 aromatic carbocycles. The summed E-state index contributed by atoms with van der Waals surface area (Å²) in [6.45, 7) is 0.113. The number of rotatable bonds is 5. The number of benzene rings is 2. The highest BCUT2D eigenvalue weighted by atomic mass is 79.9. The molecule has 0 fully saturated rings. The van der Waals surface area contributed by atoms with Crippen LogP contribution in [0.3, 0.4) is 0 Å². The van der Waals surface area contributed by atoms with Gasteiger partial charge in [0.1, 0.15) is 12.4 Å². The van der Waals surface area contributed by atoms with Crippen molar-refractivity contribution < 1.29 is 19.6 Å². The van der Waals surface area contributed by atoms with E-state index in [9.17, 15) is 14.9 Å². The first-order valence-electron chi connectivity index (χ1n) is 5.86. The quantitative estimate of drug-likeness (QED) is 0.656. The van der Waals surface area contributed by atoms with Crippen LogP contribution in [0, 0.1) is 10.1 Å². The van der Waals surface area contributed by atoms with Crippen molar-refractivity contribution in [1.82, 2.24) is 0 Å². The van der Waals surface area contributed by atoms with Gasteiger partial charge in [-0.3, -0.25) is 10.1 Å². The minimum atomic E-state index is -1.07. The molecule has 21 heavy (non-hydrogen) atoms. The number of hydrogen-bond acceptors (Lipinski definition) is 4. The van der Waals surface area contributed by atoms with Gasteiger partial charge in [0.2, 0.25) is 0 Å². The minimum Gasteiger partial charge on any atom is -0.489 e. The average Bonchev–Trinajstić information content (AvgIpc) is 2.46. The second-order valence-corrected chi connectivity index (χ2v) is 5.02. The number of nitrogens with zero attached hydrogens (tertiary/aromatic N) is 1. The Morgan fingerprint density at radius 1 is 1.29 bits per heavy atom. The van der Waals surface area contributed by atoms with Gasteiger partial charge in [0.05, 0.1) is 10.5 Å². The fraction of sp³-hybridized carbons (Fsp3) is 0.0714. The number of non-ortho nitro benzene ring substituents is 1. The van der Waals surface area contributed by atoms with Crippen molar-refractivity contribution in [3.8, 4) is 5.75 Å². The van der Waals surface area contributed by atoms with Crippen LogP contribution in [0.25, 0.3) is 0 Å². The molecule has 0 aliphatic heterocycles. The van der Waals surface area contributed by atoms with E-state index in [2.05, 4.69) is 15.9 Å². The first-order chi connectivity index (χ1) is 9.97. The Labute approximate surface area is 128 Å². The van der Waals surface area contributed by atoms with Gasteiger partial charge in [-0.2, -0.15) is 0 Å². The van der Waals surface area contributed by atoms with Gasteiger partial charge in [0.15, 0.2) is 0 Å². The van der Waals surface area contributed by atoms with Gasteiger partial charge in [-0.15, -0.1) is 0 Å². The summed E-state index contributed by atoms with van der Waals surface area (Å²) in [5.74, 6) is -0.690. The molecule has 0 amide bonds. The molecule has 2 rings (SSSR count). The lowest BCUT2D eigenvalue weighted by molar-refractivity contribution is -0.384. The highest BCUT2D eigenvalue weighted by Gasteiger charge is 2.10. The van der Waals surface area contributed by atoms with Crippen molar-refractivity contribution in [3.05, 3.63) is 68.2 Å². The average molecular weight is 352 g/mol. The fourth-order valence-corrected chi connectivity index (χ4v) is 2.10. The number of nitro benzene ring substituents is 1. The summed E-state index contributed by atoms with van der Waals surface area (Å²) in [4.78, 5) is 21.2. The molecule has 2 aromatic rings. The maximum atomic E-state index is 11.0. The van der Waals surface area contributed by atoms with E-state index in [0.717, 1.165) is 0 Å². The van der Waals surface area contributed by atoms with Crippen molar-refractivity contribution in [3.63, 3.8) is 0 Å². The van der Waals surface area contributed by atoms with Crippen molar-refractivity contribution >= 4 is 27.6 Å². The molecule has 0 unspecified atom stereocenters. The van der Waals surface area contributed by atoms with Gasteiger partial charge in [0, 0.05) is 16.6 Å². The summed E-state index contributed by atoms with van der Waals surface area (Å²) < 4.78 is 5.92. The summed E-state index contributed by atoms with van der Waals surface area (Å²) in [6.07, 6.45) is 0. The maximum Gasteiger partial charge on any atom is 0.336 e. The minimum absolute atomic E-state index is 0.0156. The molecule has 6 nitrogen and oxygen atoms in total. The normalized spacial score (nSPS) is 10.1. The Kier molecular flexibility index (Phi) is 4.54. The van der Waals surface area contributed by atoms with E-state index in [0.29, 0.717) is 15.8 Å². The van der Waals surface area contributed by atoms with Gasteiger partial charge >= 0.3 is 5.97 Å². The molecule has 0 saturated carbocycles. The maximum absolute atomic E-state index is 11.0. The van der Waals surface area contributed by atoms with E-state index in [1.807, 2.05) is 0 Å². The number of carboxylic acids is 1. The van der Waals surface area contributed by atoms with E-state index in [4.69, 9.17) is 9.84 Å². The van der Waals surface area contributed by atoms with E-state index in [-0.39, 0.29) is 17.9 Å². The van der Waals surface area contributed by atoms with Crippen LogP contribution in [-0.4, -0.2) is 16.0 Å². The number of hydrogen-bond donors (Lipinski definition) is 1. The Morgan fingerprint density at radius 3 is 2.71 bits per heavy atom. The number of aromatic carboxylic acids is 1. The third-order valence-corrected chi connectivity index (χ3v) is 3.39. The van der Waals surface area contributed by atoms with Gasteiger partial charge in [-0.25, -0.2) is 4.79 Å². The largest absolute Gasteiger partial charge is 0.489 e. The van der Waals surface area contributed by atoms with Gasteiger partial charge in [0.25, 0.3) is 5.69 Å². The second kappa shape index (κ2) is 6.36. The van der Waals surface area contributed by atoms with Gasteiger partial charge < -0.3 is 9.84 Å². The Morgan fingerprint density at radius 2 is 2.05 bits per heavy atom. The zero-order valence-electron chi connectivity index (χ0n) is 10.7. The third kappa shape index (κ3) is 3.79. The lowest BCUT2D eigenvalue weighted by atomic mass is 10.2. The molecule has 0 radical (unpaired) electrons. The number of halogens is 1. The van der Waals surface area contributed by atoms with Crippen molar-refractivity contribution in [2.45, 2.75) is 6.61 Å². The highest BCUT2D eigenvalue weighted by molar-refractivity contribution is 9.10. The predicted octanol–water partition coefficient (Wildman–Crippen LogP) is 3.63. The SMILES string of the molecule is O=C(O)c1cc(OCc2cccc([N+](=O)[O-])c2)ccc1Br. The lowest BCUT2D eigenvalue weighted by Crippen LogP contribution is -2.01. The zero-order chi connectivity index (χ0) is 15.4. The summed E-state index contributed by atoms with van der Waals surface area (Å²) >= 11 is 3.14. The van der Waals surface area contributed by atoms with Crippen molar-refractivity contribution in [1.29, 1.82) is 0 Å². The smallest absolute Gasteiger partial charge is 0.336 e. The van der Waals surface area contributed by atoms with E-state index >= 15 is 0 Å². The Bertz CT molecular complexity index is 702. The molecule has 0 spiro atoms. The second-order valence-electron chi connectivity index (χ2n) is 4.16. The van der Waals surface area contributed by atoms with Crippen LogP contribution in [0.1, 0.15) is 15.9 Å². The first kappa shape index (κ1) is 15.0. The molecule has 108 valence electrons. The monoisotopic (exact) mass is 351 g/mol. The topological polar surface area (TPSA) is 89.7 Å². The van der Waals surface area contributed by atoms with Gasteiger partial charge in [-0.05, 0) is 39.7 Å². The lowest BCUT2D eigenvalue weighted by Gasteiger charge is -2.08. The van der Waals surface area contributed by atoms with Crippen molar-refractivity contribution in [2.75, 3.05) is 0 Å². The molecule has 0 aliphatic carbocycles. The summed E-state index contributed by atoms with van der Waals surface area (Å²) in [7, 11) is 0. The van der Waals surface area contributed by atoms with Crippen LogP contribution < -0.4 is 4.74 Å². The van der Waals surface area contributed by atoms with Gasteiger partial charge in [-0.1, -0.05) is 12.1 Å². The van der Waals surface area contributed by atoms with E-state index in [1.165, 1.54) is 18.2 Å². The number of nitro groups is 1. The molecule has 0 bridgehead atoms. The fourth-order valence-electron chi connectivity index (χ4n) is 1.68. The van der Waals surface area contributed by atoms with Crippen LogP contribution in [-0.2, 0) is 6.61 Å². The molecule has 0 saturated heterocycles. The number of carboxylic acid groups (broad SMARTS) is 1. The third-order valence-electron chi connectivity index (χ3n) is 2.70. The van der Waals surface area contributed by atoms with E-state index in [1.54, 1.807) is 24.3 Å². The summed E-state index contributed by atoms with van der Waals surface area (Å²) in [6, 6.07) is 10.7. The van der Waals surface area contributed by atoms with E-state index < -0.39 is 10.9 Å². The number of ether oxygens (including phenoxy) is 1. The Hall–Kier alpha value is -2.41. The Balaban J connectivity index is 2.13. The van der Waals surface area contributed by atoms with Crippen molar-refractivity contribution in [2.24, 2.45) is 0 Å². The first-order valence-corrected chi connectivity index (χ1v) is 6.65. The van der Waals surface area contributed by atoms with Crippen LogP contribution in [0.5, 0.6) is 5.75 Å². The molecule has 0 aromatic heterocycles. The molecule has 0 atom stereocenters. The molecule has 0 heterocycles. The highest BCUT2D eigenvalue weighted by Crippen LogP contribution is 2.23. The zero-order valence-corrected chi connectivity index (χ0v) is 12.2. The standard InChI is InChI=1S/C14H10BrNO5/c15-13-5-4-11(7-12(13)14(17)18)21-8-9-2-1-3-10(6-9)16(19)20/h1-7H,8H2,(H,17,18). The predicted molar refractivity (Wildman–Crippen MR) is 78.5 cm³/mol. The molecule has 1 N–H and O–H groups in total.